The second kappa shape index (κ2) is 6.72. The monoisotopic (exact) mass is 336 g/mol. The average molecular weight is 336 g/mol. The zero-order valence-electron chi connectivity index (χ0n) is 14.8. The molecule has 4 rings (SSSR count). The molecule has 1 aromatic carbocycles. The SMILES string of the molecule is CN(C)c1nc2c(c(NCCc3c[nH]c4ccccc34)n1)CCNC2. The maximum atomic E-state index is 4.73. The highest BCUT2D eigenvalue weighted by Crippen LogP contribution is 2.23. The maximum absolute atomic E-state index is 4.73. The molecule has 130 valence electrons. The van der Waals surface area contributed by atoms with E-state index >= 15 is 0 Å². The molecule has 0 saturated heterocycles. The molecule has 0 radical (unpaired) electrons. The van der Waals surface area contributed by atoms with Gasteiger partial charge in [-0.25, -0.2) is 4.98 Å². The molecule has 0 aliphatic carbocycles. The molecule has 1 aliphatic rings. The van der Waals surface area contributed by atoms with Gasteiger partial charge in [-0.15, -0.1) is 0 Å². The largest absolute Gasteiger partial charge is 0.369 e. The van der Waals surface area contributed by atoms with E-state index in [0.717, 1.165) is 49.9 Å². The molecule has 0 bridgehead atoms. The number of rotatable bonds is 5. The standard InChI is InChI=1S/C19H24N6/c1-25(2)19-23-17-12-20-9-8-15(17)18(24-19)21-10-7-13-11-22-16-6-4-3-5-14(13)16/h3-6,11,20,22H,7-10,12H2,1-2H3,(H,21,23,24). The van der Waals surface area contributed by atoms with Crippen LogP contribution < -0.4 is 15.5 Å². The van der Waals surface area contributed by atoms with Crippen LogP contribution in [0, 0.1) is 0 Å². The van der Waals surface area contributed by atoms with Crippen molar-refractivity contribution in [2.24, 2.45) is 0 Å². The van der Waals surface area contributed by atoms with Gasteiger partial charge in [-0.1, -0.05) is 18.2 Å². The number of aromatic nitrogens is 3. The molecule has 0 atom stereocenters. The second-order valence-corrected chi connectivity index (χ2v) is 6.65. The third kappa shape index (κ3) is 3.17. The molecule has 1 aliphatic heterocycles. The highest BCUT2D eigenvalue weighted by Gasteiger charge is 2.18. The van der Waals surface area contributed by atoms with Crippen LogP contribution in [0.2, 0.25) is 0 Å². The predicted molar refractivity (Wildman–Crippen MR) is 102 cm³/mol. The molecule has 3 aromatic rings. The summed E-state index contributed by atoms with van der Waals surface area (Å²) < 4.78 is 0. The number of aromatic amines is 1. The van der Waals surface area contributed by atoms with E-state index in [1.54, 1.807) is 0 Å². The summed E-state index contributed by atoms with van der Waals surface area (Å²) in [6.45, 7) is 2.65. The van der Waals surface area contributed by atoms with E-state index in [9.17, 15) is 0 Å². The summed E-state index contributed by atoms with van der Waals surface area (Å²) in [4.78, 5) is 14.7. The molecule has 0 saturated carbocycles. The minimum absolute atomic E-state index is 0.761. The number of anilines is 2. The Labute approximate surface area is 147 Å². The van der Waals surface area contributed by atoms with Crippen LogP contribution in [0.15, 0.2) is 30.5 Å². The topological polar surface area (TPSA) is 68.9 Å². The number of nitrogens with one attached hydrogen (secondary N) is 3. The number of para-hydroxylation sites is 1. The molecule has 3 heterocycles. The Morgan fingerprint density at radius 3 is 2.96 bits per heavy atom. The van der Waals surface area contributed by atoms with E-state index in [1.807, 2.05) is 19.0 Å². The Hall–Kier alpha value is -2.60. The summed E-state index contributed by atoms with van der Waals surface area (Å²) in [5.41, 5.74) is 4.89. The van der Waals surface area contributed by atoms with Gasteiger partial charge in [0.1, 0.15) is 5.82 Å². The lowest BCUT2D eigenvalue weighted by Gasteiger charge is -2.22. The Kier molecular flexibility index (Phi) is 4.28. The number of H-pyrrole nitrogens is 1. The Morgan fingerprint density at radius 2 is 2.08 bits per heavy atom. The van der Waals surface area contributed by atoms with Gasteiger partial charge in [0.15, 0.2) is 0 Å². The summed E-state index contributed by atoms with van der Waals surface area (Å²) in [5.74, 6) is 1.74. The molecular weight excluding hydrogens is 312 g/mol. The minimum Gasteiger partial charge on any atom is -0.369 e. The first-order valence-corrected chi connectivity index (χ1v) is 8.79. The van der Waals surface area contributed by atoms with Crippen LogP contribution in [0.3, 0.4) is 0 Å². The predicted octanol–water partition coefficient (Wildman–Crippen LogP) is 2.32. The Morgan fingerprint density at radius 1 is 1.20 bits per heavy atom. The fourth-order valence-corrected chi connectivity index (χ4v) is 3.35. The molecule has 25 heavy (non-hydrogen) atoms. The minimum atomic E-state index is 0.761. The molecule has 0 amide bonds. The number of benzene rings is 1. The zero-order valence-corrected chi connectivity index (χ0v) is 14.8. The Balaban J connectivity index is 1.53. The fourth-order valence-electron chi connectivity index (χ4n) is 3.35. The second-order valence-electron chi connectivity index (χ2n) is 6.65. The molecule has 0 spiro atoms. The normalized spacial score (nSPS) is 13.7. The van der Waals surface area contributed by atoms with Crippen molar-refractivity contribution in [3.05, 3.63) is 47.3 Å². The van der Waals surface area contributed by atoms with Gasteiger partial charge >= 0.3 is 0 Å². The van der Waals surface area contributed by atoms with Gasteiger partial charge in [0.05, 0.1) is 5.69 Å². The van der Waals surface area contributed by atoms with Crippen molar-refractivity contribution in [3.63, 3.8) is 0 Å². The van der Waals surface area contributed by atoms with Crippen molar-refractivity contribution < 1.29 is 0 Å². The van der Waals surface area contributed by atoms with Crippen molar-refractivity contribution in [2.75, 3.05) is 37.4 Å². The molecule has 6 heteroatoms. The number of nitrogens with zero attached hydrogens (tertiary/aromatic N) is 3. The van der Waals surface area contributed by atoms with Crippen molar-refractivity contribution in [1.29, 1.82) is 0 Å². The lowest BCUT2D eigenvalue weighted by atomic mass is 10.1. The summed E-state index contributed by atoms with van der Waals surface area (Å²) in [6.07, 6.45) is 4.04. The summed E-state index contributed by atoms with van der Waals surface area (Å²) in [5, 5.41) is 8.24. The highest BCUT2D eigenvalue weighted by molar-refractivity contribution is 5.83. The number of hydrogen-bond donors (Lipinski definition) is 3. The fraction of sp³-hybridized carbons (Fsp3) is 0.368. The number of hydrogen-bond acceptors (Lipinski definition) is 5. The molecule has 2 aromatic heterocycles. The highest BCUT2D eigenvalue weighted by atomic mass is 15.2. The van der Waals surface area contributed by atoms with E-state index in [-0.39, 0.29) is 0 Å². The van der Waals surface area contributed by atoms with Gasteiger partial charge in [0.2, 0.25) is 5.95 Å². The van der Waals surface area contributed by atoms with Crippen LogP contribution >= 0.6 is 0 Å². The van der Waals surface area contributed by atoms with Crippen molar-refractivity contribution in [2.45, 2.75) is 19.4 Å². The van der Waals surface area contributed by atoms with E-state index in [4.69, 9.17) is 4.98 Å². The zero-order chi connectivity index (χ0) is 17.2. The quantitative estimate of drug-likeness (QED) is 0.667. The summed E-state index contributed by atoms with van der Waals surface area (Å²) >= 11 is 0. The van der Waals surface area contributed by atoms with Crippen molar-refractivity contribution >= 4 is 22.7 Å². The van der Waals surface area contributed by atoms with Crippen LogP contribution in [0.1, 0.15) is 16.8 Å². The first-order chi connectivity index (χ1) is 12.2. The van der Waals surface area contributed by atoms with Crippen LogP contribution in [0.5, 0.6) is 0 Å². The van der Waals surface area contributed by atoms with E-state index in [2.05, 4.69) is 51.1 Å². The smallest absolute Gasteiger partial charge is 0.227 e. The van der Waals surface area contributed by atoms with Gasteiger partial charge < -0.3 is 20.5 Å². The first kappa shape index (κ1) is 15.9. The van der Waals surface area contributed by atoms with Crippen molar-refractivity contribution in [1.82, 2.24) is 20.3 Å². The Bertz CT molecular complexity index is 883. The third-order valence-electron chi connectivity index (χ3n) is 4.69. The molecule has 3 N–H and O–H groups in total. The lowest BCUT2D eigenvalue weighted by molar-refractivity contribution is 0.623. The van der Waals surface area contributed by atoms with E-state index in [0.29, 0.717) is 0 Å². The molecular formula is C19H24N6. The van der Waals surface area contributed by atoms with Crippen LogP contribution in [0.4, 0.5) is 11.8 Å². The summed E-state index contributed by atoms with van der Waals surface area (Å²) in [6, 6.07) is 8.43. The van der Waals surface area contributed by atoms with Gasteiger partial charge in [-0.3, -0.25) is 0 Å². The van der Waals surface area contributed by atoms with E-state index < -0.39 is 0 Å². The maximum Gasteiger partial charge on any atom is 0.227 e. The first-order valence-electron chi connectivity index (χ1n) is 8.79. The third-order valence-corrected chi connectivity index (χ3v) is 4.69. The lowest BCUT2D eigenvalue weighted by Crippen LogP contribution is -2.28. The van der Waals surface area contributed by atoms with Gasteiger partial charge in [0.25, 0.3) is 0 Å². The molecule has 0 unspecified atom stereocenters. The van der Waals surface area contributed by atoms with Gasteiger partial charge in [0, 0.05) is 49.8 Å². The van der Waals surface area contributed by atoms with Crippen LogP contribution in [0.25, 0.3) is 10.9 Å². The van der Waals surface area contributed by atoms with Crippen LogP contribution in [-0.4, -0.2) is 42.1 Å². The van der Waals surface area contributed by atoms with Crippen molar-refractivity contribution in [3.8, 4) is 0 Å². The summed E-state index contributed by atoms with van der Waals surface area (Å²) in [7, 11) is 3.96. The van der Waals surface area contributed by atoms with Gasteiger partial charge in [-0.2, -0.15) is 4.98 Å². The van der Waals surface area contributed by atoms with Gasteiger partial charge in [-0.05, 0) is 31.0 Å². The number of fused-ring (bicyclic) bond motifs is 2. The average Bonchev–Trinajstić information content (AvgIpc) is 3.05. The van der Waals surface area contributed by atoms with E-state index in [1.165, 1.54) is 22.0 Å². The molecule has 6 nitrogen and oxygen atoms in total. The van der Waals surface area contributed by atoms with Crippen LogP contribution in [-0.2, 0) is 19.4 Å². The molecule has 0 fully saturated rings.